The molecule has 0 saturated heterocycles. The largest absolute Gasteiger partial charge is 0.242 e. The molecule has 90 valence electrons. The first-order valence-electron chi connectivity index (χ1n) is 4.72. The molecule has 0 atom stereocenters. The smallest absolute Gasteiger partial charge is 0.209 e. The molecule has 0 bridgehead atoms. The number of halogens is 2. The summed E-state index contributed by atoms with van der Waals surface area (Å²) in [4.78, 5) is 0.0125. The van der Waals surface area contributed by atoms with Crippen molar-refractivity contribution in [2.45, 2.75) is 31.7 Å². The van der Waals surface area contributed by atoms with Gasteiger partial charge < -0.3 is 0 Å². The second-order valence-corrected chi connectivity index (χ2v) is 6.30. The summed E-state index contributed by atoms with van der Waals surface area (Å²) >= 11 is 11.8. The number of aryl methyl sites for hydroxylation is 1. The molecule has 0 amide bonds. The fraction of sp³-hybridized carbons (Fsp3) is 0.400. The minimum atomic E-state index is -3.60. The summed E-state index contributed by atoms with van der Waals surface area (Å²) in [6.07, 6.45) is 0. The Bertz CT molecular complexity index is 498. The molecule has 1 N–H and O–H groups in total. The van der Waals surface area contributed by atoms with Gasteiger partial charge in [-0.3, -0.25) is 0 Å². The summed E-state index contributed by atoms with van der Waals surface area (Å²) in [5.74, 6) is 0. The van der Waals surface area contributed by atoms with Gasteiger partial charge in [-0.1, -0.05) is 23.2 Å². The Morgan fingerprint density at radius 3 is 2.25 bits per heavy atom. The maximum atomic E-state index is 11.9. The lowest BCUT2D eigenvalue weighted by atomic mass is 10.2. The van der Waals surface area contributed by atoms with E-state index in [1.54, 1.807) is 26.8 Å². The zero-order valence-electron chi connectivity index (χ0n) is 9.21. The number of hydrogen-bond acceptors (Lipinski definition) is 2. The Hall–Kier alpha value is -0.290. The van der Waals surface area contributed by atoms with Crippen molar-refractivity contribution in [1.82, 2.24) is 4.72 Å². The third kappa shape index (κ3) is 3.10. The zero-order valence-corrected chi connectivity index (χ0v) is 11.5. The average molecular weight is 282 g/mol. The van der Waals surface area contributed by atoms with Crippen molar-refractivity contribution < 1.29 is 8.42 Å². The fourth-order valence-electron chi connectivity index (χ4n) is 1.21. The van der Waals surface area contributed by atoms with Gasteiger partial charge in [0.05, 0.1) is 5.02 Å². The highest BCUT2D eigenvalue weighted by Crippen LogP contribution is 2.28. The Morgan fingerprint density at radius 2 is 1.75 bits per heavy atom. The summed E-state index contributed by atoms with van der Waals surface area (Å²) in [5.41, 5.74) is 0.746. The van der Waals surface area contributed by atoms with Crippen molar-refractivity contribution in [2.75, 3.05) is 0 Å². The fourth-order valence-corrected chi connectivity index (χ4v) is 3.30. The lowest BCUT2D eigenvalue weighted by Crippen LogP contribution is -2.30. The second-order valence-electron chi connectivity index (χ2n) is 3.81. The van der Waals surface area contributed by atoms with Crippen LogP contribution in [0.15, 0.2) is 17.0 Å². The van der Waals surface area contributed by atoms with Gasteiger partial charge in [-0.15, -0.1) is 0 Å². The van der Waals surface area contributed by atoms with E-state index in [1.165, 1.54) is 6.07 Å². The van der Waals surface area contributed by atoms with Crippen LogP contribution in [0.1, 0.15) is 19.4 Å². The number of rotatable bonds is 3. The van der Waals surface area contributed by atoms with Crippen molar-refractivity contribution in [1.29, 1.82) is 0 Å². The minimum Gasteiger partial charge on any atom is -0.209 e. The molecule has 1 aromatic rings. The van der Waals surface area contributed by atoms with E-state index in [9.17, 15) is 8.42 Å². The third-order valence-corrected chi connectivity index (χ3v) is 4.42. The molecule has 0 heterocycles. The maximum absolute atomic E-state index is 11.9. The molecule has 1 aromatic carbocycles. The lowest BCUT2D eigenvalue weighted by molar-refractivity contribution is 0.570. The Morgan fingerprint density at radius 1 is 1.19 bits per heavy atom. The molecule has 6 heteroatoms. The number of sulfonamides is 1. The number of nitrogens with one attached hydrogen (secondary N) is 1. The van der Waals surface area contributed by atoms with E-state index in [-0.39, 0.29) is 16.0 Å². The van der Waals surface area contributed by atoms with E-state index >= 15 is 0 Å². The summed E-state index contributed by atoms with van der Waals surface area (Å²) in [7, 11) is -3.60. The Balaban J connectivity index is 3.29. The van der Waals surface area contributed by atoms with E-state index in [1.807, 2.05) is 0 Å². The predicted molar refractivity (Wildman–Crippen MR) is 66.7 cm³/mol. The molecule has 3 nitrogen and oxygen atoms in total. The zero-order chi connectivity index (χ0) is 12.5. The van der Waals surface area contributed by atoms with E-state index in [0.29, 0.717) is 5.02 Å². The van der Waals surface area contributed by atoms with Crippen LogP contribution in [0.25, 0.3) is 0 Å². The van der Waals surface area contributed by atoms with Gasteiger partial charge in [-0.2, -0.15) is 0 Å². The normalized spacial score (nSPS) is 12.1. The lowest BCUT2D eigenvalue weighted by Gasteiger charge is -2.12. The van der Waals surface area contributed by atoms with Crippen LogP contribution >= 0.6 is 23.2 Å². The highest BCUT2D eigenvalue weighted by molar-refractivity contribution is 7.89. The van der Waals surface area contributed by atoms with Gasteiger partial charge >= 0.3 is 0 Å². The molecule has 0 aliphatic carbocycles. The van der Waals surface area contributed by atoms with Gasteiger partial charge in [0.15, 0.2) is 0 Å². The van der Waals surface area contributed by atoms with Crippen LogP contribution in [0.4, 0.5) is 0 Å². The average Bonchev–Trinajstić information content (AvgIpc) is 2.08. The second kappa shape index (κ2) is 4.92. The highest BCUT2D eigenvalue weighted by atomic mass is 35.5. The van der Waals surface area contributed by atoms with Crippen LogP contribution in [0.2, 0.25) is 10.0 Å². The Labute approximate surface area is 106 Å². The molecular formula is C10H13Cl2NO2S. The van der Waals surface area contributed by atoms with Crippen LogP contribution < -0.4 is 4.72 Å². The summed E-state index contributed by atoms with van der Waals surface area (Å²) < 4.78 is 26.2. The van der Waals surface area contributed by atoms with Crippen molar-refractivity contribution in [2.24, 2.45) is 0 Å². The molecule has 0 saturated carbocycles. The van der Waals surface area contributed by atoms with E-state index < -0.39 is 10.0 Å². The van der Waals surface area contributed by atoms with Gasteiger partial charge in [0.2, 0.25) is 10.0 Å². The van der Waals surface area contributed by atoms with Crippen molar-refractivity contribution in [3.05, 3.63) is 27.7 Å². The van der Waals surface area contributed by atoms with Gasteiger partial charge in [0, 0.05) is 11.1 Å². The summed E-state index contributed by atoms with van der Waals surface area (Å²) in [6, 6.07) is 2.71. The van der Waals surface area contributed by atoms with E-state index in [2.05, 4.69) is 4.72 Å². The first kappa shape index (κ1) is 13.8. The minimum absolute atomic E-state index is 0.0125. The van der Waals surface area contributed by atoms with E-state index in [0.717, 1.165) is 5.56 Å². The molecule has 0 unspecified atom stereocenters. The van der Waals surface area contributed by atoms with Crippen molar-refractivity contribution in [3.8, 4) is 0 Å². The third-order valence-electron chi connectivity index (χ3n) is 1.89. The van der Waals surface area contributed by atoms with Gasteiger partial charge in [-0.25, -0.2) is 13.1 Å². The van der Waals surface area contributed by atoms with Crippen LogP contribution in [-0.2, 0) is 10.0 Å². The monoisotopic (exact) mass is 281 g/mol. The van der Waals surface area contributed by atoms with E-state index in [4.69, 9.17) is 23.2 Å². The Kier molecular flexibility index (Phi) is 4.23. The summed E-state index contributed by atoms with van der Waals surface area (Å²) in [6.45, 7) is 5.24. The predicted octanol–water partition coefficient (Wildman–Crippen LogP) is 2.99. The quantitative estimate of drug-likeness (QED) is 0.926. The topological polar surface area (TPSA) is 46.2 Å². The standard InChI is InChI=1S/C10H13Cl2NO2S/c1-6(2)13-16(14,15)10-5-8(11)7(3)4-9(10)12/h4-6,13H,1-3H3. The SMILES string of the molecule is Cc1cc(Cl)c(S(=O)(=O)NC(C)C)cc1Cl. The van der Waals surface area contributed by atoms with Crippen LogP contribution in [-0.4, -0.2) is 14.5 Å². The van der Waals surface area contributed by atoms with Gasteiger partial charge in [0.25, 0.3) is 0 Å². The first-order chi connectivity index (χ1) is 7.24. The van der Waals surface area contributed by atoms with Gasteiger partial charge in [0.1, 0.15) is 4.90 Å². The molecule has 0 fully saturated rings. The molecule has 1 rings (SSSR count). The molecule has 0 spiro atoms. The number of hydrogen-bond donors (Lipinski definition) is 1. The van der Waals surface area contributed by atoms with Crippen LogP contribution in [0, 0.1) is 6.92 Å². The first-order valence-corrected chi connectivity index (χ1v) is 6.96. The van der Waals surface area contributed by atoms with Crippen LogP contribution in [0.3, 0.4) is 0 Å². The summed E-state index contributed by atoms with van der Waals surface area (Å²) in [5, 5.41) is 0.559. The maximum Gasteiger partial charge on any atom is 0.242 e. The molecule has 0 aliphatic rings. The van der Waals surface area contributed by atoms with Gasteiger partial charge in [-0.05, 0) is 38.5 Å². The highest BCUT2D eigenvalue weighted by Gasteiger charge is 2.20. The molecule has 0 aromatic heterocycles. The molecular weight excluding hydrogens is 269 g/mol. The molecule has 0 aliphatic heterocycles. The van der Waals surface area contributed by atoms with Crippen LogP contribution in [0.5, 0.6) is 0 Å². The molecule has 16 heavy (non-hydrogen) atoms. The van der Waals surface area contributed by atoms with Crippen molar-refractivity contribution in [3.63, 3.8) is 0 Å². The van der Waals surface area contributed by atoms with Crippen molar-refractivity contribution >= 4 is 33.2 Å². The molecule has 0 radical (unpaired) electrons. The number of benzene rings is 1.